The number of hydrogen-bond donors (Lipinski definition) is 2. The summed E-state index contributed by atoms with van der Waals surface area (Å²) >= 11 is 6.78. The Bertz CT molecular complexity index is 937. The molecule has 2 N–H and O–H groups in total. The van der Waals surface area contributed by atoms with E-state index in [9.17, 15) is 0 Å². The molecule has 0 bridgehead atoms. The van der Waals surface area contributed by atoms with Gasteiger partial charge in [0, 0.05) is 11.6 Å². The fourth-order valence-electron chi connectivity index (χ4n) is 2.93. The highest BCUT2D eigenvalue weighted by molar-refractivity contribution is 6.35. The Morgan fingerprint density at radius 3 is 2.35 bits per heavy atom. The van der Waals surface area contributed by atoms with Crippen LogP contribution in [0.1, 0.15) is 12.5 Å². The topological polar surface area (TPSA) is 68.7 Å². The summed E-state index contributed by atoms with van der Waals surface area (Å²) in [5.41, 5.74) is 5.30. The molecule has 0 saturated heterocycles. The molecule has 3 aromatic rings. The maximum absolute atomic E-state index is 6.78. The molecule has 2 heterocycles. The molecule has 0 aliphatic carbocycles. The van der Waals surface area contributed by atoms with Gasteiger partial charge in [0.15, 0.2) is 11.5 Å². The zero-order valence-corrected chi connectivity index (χ0v) is 14.9. The van der Waals surface area contributed by atoms with Gasteiger partial charge in [0.1, 0.15) is 5.16 Å². The van der Waals surface area contributed by atoms with Crippen LogP contribution in [0.25, 0.3) is 5.57 Å². The second kappa shape index (κ2) is 6.74. The third-order valence-electron chi connectivity index (χ3n) is 4.14. The van der Waals surface area contributed by atoms with Gasteiger partial charge in [0.05, 0.1) is 11.9 Å². The van der Waals surface area contributed by atoms with Gasteiger partial charge in [-0.05, 0) is 24.6 Å². The molecule has 7 heteroatoms. The molecule has 0 amide bonds. The first-order valence-electron chi connectivity index (χ1n) is 8.18. The monoisotopic (exact) mass is 364 g/mol. The lowest BCUT2D eigenvalue weighted by molar-refractivity contribution is 0.480. The number of aromatic amines is 1. The molecule has 130 valence electrons. The number of azo groups is 1. The maximum Gasteiger partial charge on any atom is 0.175 e. The zero-order chi connectivity index (χ0) is 18.0. The van der Waals surface area contributed by atoms with E-state index in [1.165, 1.54) is 0 Å². The molecule has 0 fully saturated rings. The summed E-state index contributed by atoms with van der Waals surface area (Å²) in [6, 6.07) is 21.6. The van der Waals surface area contributed by atoms with Gasteiger partial charge >= 0.3 is 0 Å². The van der Waals surface area contributed by atoms with Crippen molar-refractivity contribution in [2.75, 3.05) is 5.01 Å². The van der Waals surface area contributed by atoms with E-state index in [1.807, 2.05) is 72.6 Å². The fourth-order valence-corrected chi connectivity index (χ4v) is 3.36. The molecule has 26 heavy (non-hydrogen) atoms. The summed E-state index contributed by atoms with van der Waals surface area (Å²) in [5, 5.41) is 17.9. The minimum atomic E-state index is -0.834. The predicted molar refractivity (Wildman–Crippen MR) is 103 cm³/mol. The number of hydrazine groups is 1. The van der Waals surface area contributed by atoms with Crippen LogP contribution in [0.4, 0.5) is 11.5 Å². The van der Waals surface area contributed by atoms with E-state index in [2.05, 4.69) is 25.9 Å². The van der Waals surface area contributed by atoms with E-state index in [0.717, 1.165) is 16.8 Å². The van der Waals surface area contributed by atoms with Crippen LogP contribution in [0.5, 0.6) is 0 Å². The summed E-state index contributed by atoms with van der Waals surface area (Å²) in [6.07, 6.45) is 1.63. The standard InChI is InChI=1S/C19H17ClN6/c1-19(24-23-16-12-13-21-22-16)17(14-8-4-2-5-9-14)18(20)26(25-19)15-10-6-3-7-11-15/h2-13,25H,1H3,(H,21,22). The lowest BCUT2D eigenvalue weighted by Crippen LogP contribution is -2.44. The lowest BCUT2D eigenvalue weighted by atomic mass is 9.97. The van der Waals surface area contributed by atoms with Gasteiger partial charge in [-0.3, -0.25) is 10.1 Å². The number of nitrogens with zero attached hydrogens (tertiary/aromatic N) is 4. The van der Waals surface area contributed by atoms with E-state index in [1.54, 1.807) is 12.3 Å². The van der Waals surface area contributed by atoms with Crippen molar-refractivity contribution in [1.82, 2.24) is 15.6 Å². The highest BCUT2D eigenvalue weighted by atomic mass is 35.5. The molecule has 0 spiro atoms. The smallest absolute Gasteiger partial charge is 0.175 e. The second-order valence-electron chi connectivity index (χ2n) is 6.03. The molecule has 0 radical (unpaired) electrons. The highest BCUT2D eigenvalue weighted by Gasteiger charge is 2.42. The summed E-state index contributed by atoms with van der Waals surface area (Å²) < 4.78 is 0. The SMILES string of the molecule is CC1(N=Nc2ccn[nH]2)NN(c2ccccc2)C(Cl)=C1c1ccccc1. The molecule has 1 aliphatic heterocycles. The quantitative estimate of drug-likeness (QED) is 0.514. The number of nitrogens with one attached hydrogen (secondary N) is 2. The van der Waals surface area contributed by atoms with E-state index in [0.29, 0.717) is 11.0 Å². The molecule has 0 saturated carbocycles. The third-order valence-corrected chi connectivity index (χ3v) is 4.50. The fraction of sp³-hybridized carbons (Fsp3) is 0.105. The third kappa shape index (κ3) is 3.00. The van der Waals surface area contributed by atoms with Crippen molar-refractivity contribution in [2.24, 2.45) is 10.2 Å². The first-order chi connectivity index (χ1) is 12.7. The van der Waals surface area contributed by atoms with Crippen LogP contribution >= 0.6 is 11.6 Å². The Hall–Kier alpha value is -2.96. The van der Waals surface area contributed by atoms with Gasteiger partial charge in [-0.25, -0.2) is 0 Å². The Labute approximate surface area is 156 Å². The number of para-hydroxylation sites is 1. The largest absolute Gasteiger partial charge is 0.263 e. The van der Waals surface area contributed by atoms with Crippen molar-refractivity contribution >= 4 is 28.7 Å². The minimum absolute atomic E-state index is 0.563. The van der Waals surface area contributed by atoms with Crippen molar-refractivity contribution in [3.05, 3.63) is 83.6 Å². The van der Waals surface area contributed by atoms with Crippen LogP contribution in [-0.4, -0.2) is 15.9 Å². The van der Waals surface area contributed by atoms with Crippen molar-refractivity contribution in [1.29, 1.82) is 0 Å². The number of aromatic nitrogens is 2. The van der Waals surface area contributed by atoms with Gasteiger partial charge in [0.2, 0.25) is 0 Å². The first kappa shape index (κ1) is 16.5. The molecule has 4 rings (SSSR count). The number of hydrogen-bond acceptors (Lipinski definition) is 5. The van der Waals surface area contributed by atoms with Gasteiger partial charge in [-0.2, -0.15) is 15.6 Å². The number of halogens is 1. The highest BCUT2D eigenvalue weighted by Crippen LogP contribution is 2.42. The molecular formula is C19H17ClN6. The summed E-state index contributed by atoms with van der Waals surface area (Å²) in [4.78, 5) is 0. The van der Waals surface area contributed by atoms with Crippen LogP contribution < -0.4 is 10.4 Å². The Balaban J connectivity index is 1.80. The summed E-state index contributed by atoms with van der Waals surface area (Å²) in [5.74, 6) is 0.578. The second-order valence-corrected chi connectivity index (χ2v) is 6.39. The van der Waals surface area contributed by atoms with Gasteiger partial charge < -0.3 is 0 Å². The molecule has 2 aromatic carbocycles. The van der Waals surface area contributed by atoms with Crippen molar-refractivity contribution < 1.29 is 0 Å². The number of anilines is 1. The van der Waals surface area contributed by atoms with Crippen LogP contribution in [0.3, 0.4) is 0 Å². The summed E-state index contributed by atoms with van der Waals surface area (Å²) in [7, 11) is 0. The number of rotatable bonds is 4. The molecule has 1 atom stereocenters. The minimum Gasteiger partial charge on any atom is -0.263 e. The van der Waals surface area contributed by atoms with Gasteiger partial charge in [-0.15, -0.1) is 5.11 Å². The number of H-pyrrole nitrogens is 1. The zero-order valence-electron chi connectivity index (χ0n) is 14.1. The molecule has 1 aromatic heterocycles. The first-order valence-corrected chi connectivity index (χ1v) is 8.56. The average Bonchev–Trinajstić information content (AvgIpc) is 3.28. The maximum atomic E-state index is 6.78. The molecule has 6 nitrogen and oxygen atoms in total. The van der Waals surface area contributed by atoms with E-state index >= 15 is 0 Å². The van der Waals surface area contributed by atoms with Crippen LogP contribution in [0.15, 0.2) is 88.3 Å². The van der Waals surface area contributed by atoms with Crippen LogP contribution in [0.2, 0.25) is 0 Å². The lowest BCUT2D eigenvalue weighted by Gasteiger charge is -2.25. The predicted octanol–water partition coefficient (Wildman–Crippen LogP) is 4.84. The van der Waals surface area contributed by atoms with Crippen molar-refractivity contribution in [3.63, 3.8) is 0 Å². The Morgan fingerprint density at radius 1 is 1.00 bits per heavy atom. The summed E-state index contributed by atoms with van der Waals surface area (Å²) in [6.45, 7) is 1.94. The van der Waals surface area contributed by atoms with E-state index in [4.69, 9.17) is 11.6 Å². The Morgan fingerprint density at radius 2 is 1.69 bits per heavy atom. The van der Waals surface area contributed by atoms with E-state index < -0.39 is 5.66 Å². The molecule has 1 unspecified atom stereocenters. The molecule has 1 aliphatic rings. The van der Waals surface area contributed by atoms with Crippen molar-refractivity contribution in [3.8, 4) is 0 Å². The number of benzene rings is 2. The molecular weight excluding hydrogens is 348 g/mol. The van der Waals surface area contributed by atoms with Gasteiger partial charge in [-0.1, -0.05) is 60.1 Å². The van der Waals surface area contributed by atoms with Gasteiger partial charge in [0.25, 0.3) is 0 Å². The average molecular weight is 365 g/mol. The van der Waals surface area contributed by atoms with Crippen LogP contribution in [-0.2, 0) is 0 Å². The van der Waals surface area contributed by atoms with Crippen molar-refractivity contribution in [2.45, 2.75) is 12.6 Å². The van der Waals surface area contributed by atoms with E-state index in [-0.39, 0.29) is 0 Å². The normalized spacial score (nSPS) is 20.3. The van der Waals surface area contributed by atoms with Crippen LogP contribution in [0, 0.1) is 0 Å². The Kier molecular flexibility index (Phi) is 4.28.